The number of nitrogens with one attached hydrogen (secondary N) is 1. The van der Waals surface area contributed by atoms with E-state index in [4.69, 9.17) is 10.2 Å². The molecule has 0 radical (unpaired) electrons. The SMILES string of the molecule is Nc1ccccc1.O=C(NCc1ccc2occc2c1)c1cnc(-c2ccccc2)nc1. The van der Waals surface area contributed by atoms with Gasteiger partial charge in [0.15, 0.2) is 5.82 Å². The molecule has 3 N–H and O–H groups in total. The van der Waals surface area contributed by atoms with Gasteiger partial charge in [-0.05, 0) is 35.9 Å². The second-order valence-corrected chi connectivity index (χ2v) is 7.05. The molecule has 32 heavy (non-hydrogen) atoms. The molecule has 0 saturated carbocycles. The van der Waals surface area contributed by atoms with Gasteiger partial charge in [0.1, 0.15) is 5.58 Å². The molecule has 3 aromatic carbocycles. The Kier molecular flexibility index (Phi) is 6.53. The molecule has 158 valence electrons. The Hall–Kier alpha value is -4.45. The van der Waals surface area contributed by atoms with Crippen molar-refractivity contribution in [3.8, 4) is 11.4 Å². The van der Waals surface area contributed by atoms with Crippen molar-refractivity contribution in [3.63, 3.8) is 0 Å². The molecule has 5 rings (SSSR count). The van der Waals surface area contributed by atoms with Gasteiger partial charge in [0.25, 0.3) is 5.91 Å². The van der Waals surface area contributed by atoms with Crippen molar-refractivity contribution in [2.24, 2.45) is 0 Å². The maximum Gasteiger partial charge on any atom is 0.254 e. The van der Waals surface area contributed by atoms with E-state index < -0.39 is 0 Å². The lowest BCUT2D eigenvalue weighted by atomic mass is 10.1. The smallest absolute Gasteiger partial charge is 0.254 e. The van der Waals surface area contributed by atoms with Crippen LogP contribution < -0.4 is 11.1 Å². The third-order valence-electron chi connectivity index (χ3n) is 4.72. The fourth-order valence-corrected chi connectivity index (χ4v) is 3.05. The maximum absolute atomic E-state index is 12.3. The fourth-order valence-electron chi connectivity index (χ4n) is 3.05. The molecule has 5 aromatic rings. The zero-order valence-electron chi connectivity index (χ0n) is 17.3. The highest BCUT2D eigenvalue weighted by atomic mass is 16.3. The number of carbonyl (C=O) groups excluding carboxylic acids is 1. The molecule has 0 spiro atoms. The van der Waals surface area contributed by atoms with Crippen LogP contribution in [-0.2, 0) is 6.54 Å². The molecule has 2 aromatic heterocycles. The van der Waals surface area contributed by atoms with Crippen LogP contribution in [0.2, 0.25) is 0 Å². The number of aromatic nitrogens is 2. The number of nitrogen functional groups attached to an aromatic ring is 1. The summed E-state index contributed by atoms with van der Waals surface area (Å²) in [6.07, 6.45) is 4.74. The summed E-state index contributed by atoms with van der Waals surface area (Å²) in [5, 5.41) is 3.90. The Morgan fingerprint density at radius 1 is 0.875 bits per heavy atom. The first-order valence-electron chi connectivity index (χ1n) is 10.1. The lowest BCUT2D eigenvalue weighted by molar-refractivity contribution is 0.0950. The molecule has 0 saturated heterocycles. The van der Waals surface area contributed by atoms with Crippen molar-refractivity contribution >= 4 is 22.6 Å². The quantitative estimate of drug-likeness (QED) is 0.394. The predicted octanol–water partition coefficient (Wildman–Crippen LogP) is 5.09. The monoisotopic (exact) mass is 422 g/mol. The van der Waals surface area contributed by atoms with Gasteiger partial charge in [-0.1, -0.05) is 54.6 Å². The third-order valence-corrected chi connectivity index (χ3v) is 4.72. The molecular formula is C26H22N4O2. The highest BCUT2D eigenvalue weighted by molar-refractivity contribution is 5.93. The number of fused-ring (bicyclic) bond motifs is 1. The van der Waals surface area contributed by atoms with Crippen LogP contribution in [0.25, 0.3) is 22.4 Å². The molecule has 0 atom stereocenters. The van der Waals surface area contributed by atoms with Gasteiger partial charge in [-0.15, -0.1) is 0 Å². The Bertz CT molecular complexity index is 1280. The summed E-state index contributed by atoms with van der Waals surface area (Å²) in [7, 11) is 0. The van der Waals surface area contributed by atoms with E-state index in [-0.39, 0.29) is 5.91 Å². The van der Waals surface area contributed by atoms with Crippen LogP contribution in [0, 0.1) is 0 Å². The average Bonchev–Trinajstić information content (AvgIpc) is 3.32. The average molecular weight is 422 g/mol. The number of anilines is 1. The van der Waals surface area contributed by atoms with E-state index in [1.54, 1.807) is 18.7 Å². The first kappa shape index (κ1) is 20.8. The van der Waals surface area contributed by atoms with Crippen LogP contribution in [0.3, 0.4) is 0 Å². The Balaban J connectivity index is 0.000000300. The second-order valence-electron chi connectivity index (χ2n) is 7.05. The number of carbonyl (C=O) groups is 1. The lowest BCUT2D eigenvalue weighted by Gasteiger charge is -2.06. The first-order chi connectivity index (χ1) is 15.7. The van der Waals surface area contributed by atoms with Gasteiger partial charge in [0, 0.05) is 35.6 Å². The summed E-state index contributed by atoms with van der Waals surface area (Å²) in [6.45, 7) is 0.431. The van der Waals surface area contributed by atoms with Gasteiger partial charge >= 0.3 is 0 Å². The van der Waals surface area contributed by atoms with Crippen molar-refractivity contribution in [1.82, 2.24) is 15.3 Å². The number of hydrogen-bond acceptors (Lipinski definition) is 5. The van der Waals surface area contributed by atoms with Gasteiger partial charge in [-0.25, -0.2) is 9.97 Å². The zero-order valence-corrected chi connectivity index (χ0v) is 17.3. The minimum absolute atomic E-state index is 0.202. The minimum atomic E-state index is -0.202. The minimum Gasteiger partial charge on any atom is -0.464 e. The van der Waals surface area contributed by atoms with Gasteiger partial charge in [-0.3, -0.25) is 4.79 Å². The number of para-hydroxylation sites is 1. The highest BCUT2D eigenvalue weighted by Crippen LogP contribution is 2.17. The van der Waals surface area contributed by atoms with E-state index in [9.17, 15) is 4.79 Å². The summed E-state index contributed by atoms with van der Waals surface area (Å²) in [5.41, 5.74) is 9.37. The number of furan rings is 1. The Morgan fingerprint density at radius 2 is 1.56 bits per heavy atom. The molecule has 1 amide bonds. The van der Waals surface area contributed by atoms with Crippen LogP contribution in [-0.4, -0.2) is 15.9 Å². The number of benzene rings is 3. The van der Waals surface area contributed by atoms with Crippen molar-refractivity contribution in [2.75, 3.05) is 5.73 Å². The highest BCUT2D eigenvalue weighted by Gasteiger charge is 2.08. The van der Waals surface area contributed by atoms with Crippen LogP contribution in [0.15, 0.2) is 108 Å². The third kappa shape index (κ3) is 5.37. The van der Waals surface area contributed by atoms with Crippen molar-refractivity contribution in [2.45, 2.75) is 6.54 Å². The number of amides is 1. The number of nitrogens with two attached hydrogens (primary N) is 1. The fraction of sp³-hybridized carbons (Fsp3) is 0.0385. The summed E-state index contributed by atoms with van der Waals surface area (Å²) in [4.78, 5) is 20.8. The van der Waals surface area contributed by atoms with Crippen LogP contribution in [0.5, 0.6) is 0 Å². The van der Waals surface area contributed by atoms with Gasteiger partial charge in [0.2, 0.25) is 0 Å². The molecule has 0 bridgehead atoms. The van der Waals surface area contributed by atoms with E-state index >= 15 is 0 Å². The van der Waals surface area contributed by atoms with E-state index in [0.29, 0.717) is 17.9 Å². The largest absolute Gasteiger partial charge is 0.464 e. The van der Waals surface area contributed by atoms with Gasteiger partial charge < -0.3 is 15.5 Å². The molecule has 6 nitrogen and oxygen atoms in total. The van der Waals surface area contributed by atoms with Crippen LogP contribution in [0.4, 0.5) is 5.69 Å². The van der Waals surface area contributed by atoms with Crippen molar-refractivity contribution in [1.29, 1.82) is 0 Å². The van der Waals surface area contributed by atoms with E-state index in [1.165, 1.54) is 0 Å². The summed E-state index contributed by atoms with van der Waals surface area (Å²) < 4.78 is 5.31. The zero-order chi connectivity index (χ0) is 22.2. The molecule has 0 aliphatic heterocycles. The van der Waals surface area contributed by atoms with Crippen molar-refractivity contribution < 1.29 is 9.21 Å². The normalized spacial score (nSPS) is 10.2. The molecule has 0 aliphatic rings. The number of rotatable bonds is 4. The Labute approximate surface area is 185 Å². The topological polar surface area (TPSA) is 94.0 Å². The molecule has 0 fully saturated rings. The molecule has 0 aliphatic carbocycles. The number of nitrogens with zero attached hydrogens (tertiary/aromatic N) is 2. The van der Waals surface area contributed by atoms with E-state index in [1.807, 2.05) is 84.9 Å². The van der Waals surface area contributed by atoms with Gasteiger partial charge in [-0.2, -0.15) is 0 Å². The van der Waals surface area contributed by atoms with Crippen molar-refractivity contribution in [3.05, 3.63) is 115 Å². The molecule has 0 unspecified atom stereocenters. The molecule has 2 heterocycles. The summed E-state index contributed by atoms with van der Waals surface area (Å²) in [5.74, 6) is 0.398. The molecular weight excluding hydrogens is 400 g/mol. The summed E-state index contributed by atoms with van der Waals surface area (Å²) >= 11 is 0. The maximum atomic E-state index is 12.3. The standard InChI is InChI=1S/C20H15N3O2.C6H7N/c24-20(23-11-14-6-7-18-16(10-14)8-9-25-18)17-12-21-19(22-13-17)15-4-2-1-3-5-15;7-6-4-2-1-3-5-6/h1-10,12-13H,11H2,(H,23,24);1-5H,7H2. The van der Waals surface area contributed by atoms with E-state index in [2.05, 4.69) is 15.3 Å². The number of hydrogen-bond donors (Lipinski definition) is 2. The first-order valence-corrected chi connectivity index (χ1v) is 10.1. The Morgan fingerprint density at radius 3 is 2.22 bits per heavy atom. The van der Waals surface area contributed by atoms with Crippen LogP contribution >= 0.6 is 0 Å². The lowest BCUT2D eigenvalue weighted by Crippen LogP contribution is -2.23. The summed E-state index contributed by atoms with van der Waals surface area (Å²) in [6, 6.07) is 26.9. The predicted molar refractivity (Wildman–Crippen MR) is 126 cm³/mol. The van der Waals surface area contributed by atoms with E-state index in [0.717, 1.165) is 27.8 Å². The van der Waals surface area contributed by atoms with Gasteiger partial charge in [0.05, 0.1) is 11.8 Å². The second kappa shape index (κ2) is 10.0. The molecule has 6 heteroatoms. The van der Waals surface area contributed by atoms with Crippen LogP contribution in [0.1, 0.15) is 15.9 Å².